The maximum atomic E-state index is 12.9. The lowest BCUT2D eigenvalue weighted by Crippen LogP contribution is -2.47. The molecule has 1 aromatic heterocycles. The van der Waals surface area contributed by atoms with Crippen LogP contribution in [0.3, 0.4) is 0 Å². The van der Waals surface area contributed by atoms with Crippen LogP contribution in [0.4, 0.5) is 0 Å². The Labute approximate surface area is 321 Å². The molecule has 2 aliphatic rings. The summed E-state index contributed by atoms with van der Waals surface area (Å²) in [6.07, 6.45) is 0.710. The van der Waals surface area contributed by atoms with Crippen molar-refractivity contribution in [1.82, 2.24) is 19.2 Å². The van der Waals surface area contributed by atoms with Crippen LogP contribution in [0.5, 0.6) is 0 Å². The largest absolute Gasteiger partial charge is 0.392 e. The lowest BCUT2D eigenvalue weighted by Gasteiger charge is -2.44. The Kier molecular flexibility index (Phi) is 10.8. The molecule has 0 saturated carbocycles. The second-order valence-corrected chi connectivity index (χ2v) is 16.4. The molecule has 0 unspecified atom stereocenters. The molecule has 284 valence electrons. The molecule has 4 atom stereocenters. The number of aliphatic hydroxyl groups is 1. The van der Waals surface area contributed by atoms with Crippen LogP contribution in [0.25, 0.3) is 22.2 Å². The number of nitrogens with one attached hydrogen (secondary N) is 2. The molecule has 0 aliphatic carbocycles. The van der Waals surface area contributed by atoms with Gasteiger partial charge in [0.15, 0.2) is 6.29 Å². The summed E-state index contributed by atoms with van der Waals surface area (Å²) in [7, 11) is -3.65. The first-order chi connectivity index (χ1) is 26.8. The number of hydrogen-bond acceptors (Lipinski definition) is 7. The van der Waals surface area contributed by atoms with Crippen molar-refractivity contribution in [3.63, 3.8) is 0 Å². The van der Waals surface area contributed by atoms with Gasteiger partial charge in [-0.3, -0.25) is 4.57 Å². The molecule has 55 heavy (non-hydrogen) atoms. The van der Waals surface area contributed by atoms with Crippen LogP contribution in [0.2, 0.25) is 0 Å². The van der Waals surface area contributed by atoms with Gasteiger partial charge in [-0.2, -0.15) is 0 Å². The van der Waals surface area contributed by atoms with Crippen LogP contribution in [0.15, 0.2) is 137 Å². The number of benzene rings is 5. The molecule has 2 fully saturated rings. The van der Waals surface area contributed by atoms with Gasteiger partial charge in [0.2, 0.25) is 10.0 Å². The number of para-hydroxylation sites is 2. The SMILES string of the molecule is C[C@H]1[C@@H](CN2CCC(n3c(=O)[nH]c4ccccc43)CC2)O[C@@H](c2cccc(-c3cccc(CNS(=O)(=O)c4ccccc4)c3)c2)O[C@H]1c1ccc(CO)cc1. The Hall–Kier alpha value is -4.88. The maximum Gasteiger partial charge on any atom is 0.326 e. The van der Waals surface area contributed by atoms with Crippen molar-refractivity contribution in [3.8, 4) is 11.1 Å². The number of fused-ring (bicyclic) bond motifs is 1. The van der Waals surface area contributed by atoms with E-state index in [0.29, 0.717) is 0 Å². The van der Waals surface area contributed by atoms with Gasteiger partial charge in [0.05, 0.1) is 34.7 Å². The second kappa shape index (κ2) is 16.1. The van der Waals surface area contributed by atoms with Crippen LogP contribution in [0.1, 0.15) is 60.5 Å². The van der Waals surface area contributed by atoms with Crippen molar-refractivity contribution in [2.45, 2.75) is 62.4 Å². The summed E-state index contributed by atoms with van der Waals surface area (Å²) in [5, 5.41) is 9.69. The Balaban J connectivity index is 1.00. The predicted molar refractivity (Wildman–Crippen MR) is 213 cm³/mol. The third-order valence-corrected chi connectivity index (χ3v) is 12.5. The minimum Gasteiger partial charge on any atom is -0.392 e. The van der Waals surface area contributed by atoms with E-state index < -0.39 is 16.3 Å². The summed E-state index contributed by atoms with van der Waals surface area (Å²) in [6.45, 7) is 4.73. The van der Waals surface area contributed by atoms with Gasteiger partial charge in [0, 0.05) is 43.7 Å². The fraction of sp³-hybridized carbons (Fsp3) is 0.295. The van der Waals surface area contributed by atoms with Crippen LogP contribution < -0.4 is 10.4 Å². The fourth-order valence-electron chi connectivity index (χ4n) is 7.97. The first-order valence-electron chi connectivity index (χ1n) is 18.9. The van der Waals surface area contributed by atoms with Gasteiger partial charge in [0.1, 0.15) is 0 Å². The van der Waals surface area contributed by atoms with Crippen LogP contribution in [0, 0.1) is 5.92 Å². The number of H-pyrrole nitrogens is 1. The summed E-state index contributed by atoms with van der Waals surface area (Å²) in [5.41, 5.74) is 7.28. The molecule has 3 N–H and O–H groups in total. The molecule has 0 radical (unpaired) electrons. The van der Waals surface area contributed by atoms with Crippen molar-refractivity contribution in [2.24, 2.45) is 5.92 Å². The fourth-order valence-corrected chi connectivity index (χ4v) is 9.01. The van der Waals surface area contributed by atoms with Gasteiger partial charge < -0.3 is 24.5 Å². The van der Waals surface area contributed by atoms with Gasteiger partial charge in [-0.25, -0.2) is 17.9 Å². The van der Waals surface area contributed by atoms with E-state index in [1.165, 1.54) is 0 Å². The number of sulfonamides is 1. The zero-order valence-electron chi connectivity index (χ0n) is 30.8. The van der Waals surface area contributed by atoms with E-state index in [1.54, 1.807) is 30.3 Å². The van der Waals surface area contributed by atoms with E-state index in [9.17, 15) is 18.3 Å². The summed E-state index contributed by atoms with van der Waals surface area (Å²) >= 11 is 0. The predicted octanol–water partition coefficient (Wildman–Crippen LogP) is 7.10. The van der Waals surface area contributed by atoms with E-state index in [0.717, 1.165) is 76.9 Å². The van der Waals surface area contributed by atoms with Crippen molar-refractivity contribution < 1.29 is 23.0 Å². The molecule has 2 saturated heterocycles. The Morgan fingerprint density at radius 1 is 0.782 bits per heavy atom. The van der Waals surface area contributed by atoms with Gasteiger partial charge in [-0.1, -0.05) is 97.9 Å². The van der Waals surface area contributed by atoms with Gasteiger partial charge in [-0.05, 0) is 77.1 Å². The minimum absolute atomic E-state index is 0.0246. The molecule has 6 aromatic rings. The highest BCUT2D eigenvalue weighted by molar-refractivity contribution is 7.89. The number of aliphatic hydroxyl groups excluding tert-OH is 1. The van der Waals surface area contributed by atoms with Gasteiger partial charge in [0.25, 0.3) is 0 Å². The summed E-state index contributed by atoms with van der Waals surface area (Å²) in [4.78, 5) is 18.6. The third kappa shape index (κ3) is 8.09. The van der Waals surface area contributed by atoms with Crippen molar-refractivity contribution >= 4 is 21.1 Å². The summed E-state index contributed by atoms with van der Waals surface area (Å²) < 4.78 is 44.0. The number of likely N-dealkylation sites (tertiary alicyclic amines) is 1. The first kappa shape index (κ1) is 37.1. The number of aromatic amines is 1. The van der Waals surface area contributed by atoms with Crippen molar-refractivity contribution in [1.29, 1.82) is 0 Å². The summed E-state index contributed by atoms with van der Waals surface area (Å²) in [6, 6.07) is 40.3. The monoisotopic (exact) mass is 758 g/mol. The summed E-state index contributed by atoms with van der Waals surface area (Å²) in [5.74, 6) is 0.0321. The Bertz CT molecular complexity index is 2410. The zero-order valence-corrected chi connectivity index (χ0v) is 31.6. The molecule has 2 aliphatic heterocycles. The molecular weight excluding hydrogens is 713 g/mol. The minimum atomic E-state index is -3.65. The third-order valence-electron chi connectivity index (χ3n) is 11.0. The molecule has 0 bridgehead atoms. The quantitative estimate of drug-likeness (QED) is 0.129. The number of piperidine rings is 1. The number of rotatable bonds is 11. The average molecular weight is 759 g/mol. The van der Waals surface area contributed by atoms with E-state index in [1.807, 2.05) is 95.6 Å². The smallest absolute Gasteiger partial charge is 0.326 e. The normalized spacial score (nSPS) is 21.2. The molecule has 3 heterocycles. The molecule has 5 aromatic carbocycles. The number of aromatic nitrogens is 2. The highest BCUT2D eigenvalue weighted by Crippen LogP contribution is 2.43. The molecule has 10 nitrogen and oxygen atoms in total. The first-order valence-corrected chi connectivity index (χ1v) is 20.4. The van der Waals surface area contributed by atoms with E-state index >= 15 is 0 Å². The Morgan fingerprint density at radius 2 is 1.49 bits per heavy atom. The molecule has 0 amide bonds. The van der Waals surface area contributed by atoms with Crippen molar-refractivity contribution in [2.75, 3.05) is 19.6 Å². The van der Waals surface area contributed by atoms with Gasteiger partial charge >= 0.3 is 5.69 Å². The lowest BCUT2D eigenvalue weighted by atomic mass is 9.89. The number of nitrogens with zero attached hydrogens (tertiary/aromatic N) is 2. The van der Waals surface area contributed by atoms with Crippen LogP contribution >= 0.6 is 0 Å². The average Bonchev–Trinajstić information content (AvgIpc) is 3.57. The topological polar surface area (TPSA) is 126 Å². The number of imidazole rings is 1. The highest BCUT2D eigenvalue weighted by atomic mass is 32.2. The number of hydrogen-bond donors (Lipinski definition) is 3. The van der Waals surface area contributed by atoms with Crippen LogP contribution in [-0.4, -0.2) is 53.7 Å². The maximum absolute atomic E-state index is 12.9. The molecule has 0 spiro atoms. The van der Waals surface area contributed by atoms with E-state index in [-0.39, 0.29) is 47.9 Å². The lowest BCUT2D eigenvalue weighted by molar-refractivity contribution is -0.276. The molecule has 11 heteroatoms. The number of ether oxygens (including phenoxy) is 2. The highest BCUT2D eigenvalue weighted by Gasteiger charge is 2.40. The molecule has 8 rings (SSSR count). The van der Waals surface area contributed by atoms with Crippen LogP contribution in [-0.2, 0) is 32.6 Å². The Morgan fingerprint density at radius 3 is 2.25 bits per heavy atom. The van der Waals surface area contributed by atoms with Crippen molar-refractivity contribution in [3.05, 3.63) is 160 Å². The van der Waals surface area contributed by atoms with E-state index in [4.69, 9.17) is 9.47 Å². The zero-order chi connectivity index (χ0) is 37.9. The van der Waals surface area contributed by atoms with E-state index in [2.05, 4.69) is 27.6 Å². The van der Waals surface area contributed by atoms with Gasteiger partial charge in [-0.15, -0.1) is 0 Å². The second-order valence-electron chi connectivity index (χ2n) is 14.6. The standard InChI is InChI=1S/C44H46N4O6S/c1-30-41(28-47-23-21-37(22-24-47)48-40-16-6-5-15-39(40)46-44(48)50)53-43(54-42(30)33-19-17-31(29-49)18-20-33)36-12-8-11-35(26-36)34-10-7-9-32(25-34)27-45-55(51,52)38-13-3-2-4-14-38/h2-20,25-26,30,37,41-43,45,49H,21-24,27-29H2,1H3,(H,46,50)/t30-,41+,42+,43+/m0/s1. The molecular formula is C44H46N4O6S.